The number of anilines is 6. The Labute approximate surface area is 375 Å². The zero-order valence-electron chi connectivity index (χ0n) is 38.5. The quantitative estimate of drug-likeness (QED) is 0.153. The number of hydrogen-bond acceptors (Lipinski definition) is 4. The van der Waals surface area contributed by atoms with Crippen molar-refractivity contribution in [2.75, 3.05) is 9.80 Å². The van der Waals surface area contributed by atoms with Crippen molar-refractivity contribution in [3.63, 3.8) is 0 Å². The summed E-state index contributed by atoms with van der Waals surface area (Å²) in [4.78, 5) is 4.48. The van der Waals surface area contributed by atoms with E-state index in [-0.39, 0.29) is 21.7 Å². The summed E-state index contributed by atoms with van der Waals surface area (Å²) in [5.41, 5.74) is 14.2. The van der Waals surface area contributed by atoms with Gasteiger partial charge in [0.1, 0.15) is 12.1 Å². The summed E-state index contributed by atoms with van der Waals surface area (Å²) in [5, 5.41) is 23.3. The fourth-order valence-electron chi connectivity index (χ4n) is 9.89. The summed E-state index contributed by atoms with van der Waals surface area (Å²) < 4.78 is 0. The molecule has 0 fully saturated rings. The SMILES string of the molecule is CC(C)(C)c1ccc(N(c2ccc(C(C)(C)C)cc2)c2c(C#N)c(C#N)c(N(c3ccc(-c4ccccc4)cc3)c3ccc(-c4ccccc4)cc3)c3c2C(C)(C)CC3(C)C)cc1. The van der Waals surface area contributed by atoms with Gasteiger partial charge in [0.25, 0.3) is 0 Å². The number of nitriles is 2. The molecule has 0 spiro atoms. The van der Waals surface area contributed by atoms with Crippen molar-refractivity contribution in [3.05, 3.63) is 191 Å². The molecule has 63 heavy (non-hydrogen) atoms. The van der Waals surface area contributed by atoms with Crippen molar-refractivity contribution in [2.45, 2.75) is 97.3 Å². The molecule has 1 aliphatic carbocycles. The van der Waals surface area contributed by atoms with Gasteiger partial charge < -0.3 is 9.80 Å². The second-order valence-corrected chi connectivity index (χ2v) is 20.5. The van der Waals surface area contributed by atoms with Gasteiger partial charge in [-0.3, -0.25) is 0 Å². The highest BCUT2D eigenvalue weighted by molar-refractivity contribution is 5.95. The van der Waals surface area contributed by atoms with Crippen molar-refractivity contribution >= 4 is 34.1 Å². The molecule has 1 aliphatic rings. The molecule has 0 saturated heterocycles. The van der Waals surface area contributed by atoms with Gasteiger partial charge in [0.15, 0.2) is 0 Å². The minimum Gasteiger partial charge on any atom is -0.309 e. The van der Waals surface area contributed by atoms with E-state index >= 15 is 0 Å². The standard InChI is InChI=1S/C59H58N4/c1-56(2,3)44-25-33-48(34-26-44)63(49-35-27-45(28-36-49)57(4,5)6)55-51(38-61)50(37-60)54(52-53(55)59(9,10)39-58(52,7)8)62(46-29-21-42(22-30-46)40-17-13-11-14-18-40)47-31-23-43(24-32-47)41-19-15-12-16-20-41/h11-36H,39H2,1-10H3. The van der Waals surface area contributed by atoms with Crippen LogP contribution in [-0.4, -0.2) is 0 Å². The van der Waals surface area contributed by atoms with E-state index in [9.17, 15) is 10.5 Å². The van der Waals surface area contributed by atoms with E-state index in [1.165, 1.54) is 11.1 Å². The van der Waals surface area contributed by atoms with Crippen LogP contribution in [0, 0.1) is 22.7 Å². The predicted octanol–water partition coefficient (Wildman–Crippen LogP) is 16.3. The Bertz CT molecular complexity index is 2700. The van der Waals surface area contributed by atoms with Gasteiger partial charge in [0.05, 0.1) is 22.5 Å². The molecule has 0 heterocycles. The minimum absolute atomic E-state index is 0.0412. The Hall–Kier alpha value is -6.88. The molecular formula is C59H58N4. The lowest BCUT2D eigenvalue weighted by atomic mass is 9.81. The normalized spacial score (nSPS) is 14.0. The number of rotatable bonds is 8. The Morgan fingerprint density at radius 1 is 0.397 bits per heavy atom. The van der Waals surface area contributed by atoms with Gasteiger partial charge in [-0.15, -0.1) is 0 Å². The molecule has 4 nitrogen and oxygen atoms in total. The van der Waals surface area contributed by atoms with E-state index in [0.29, 0.717) is 11.1 Å². The van der Waals surface area contributed by atoms with E-state index in [0.717, 1.165) is 73.9 Å². The Morgan fingerprint density at radius 3 is 0.937 bits per heavy atom. The molecule has 0 amide bonds. The second kappa shape index (κ2) is 16.1. The third-order valence-corrected chi connectivity index (χ3v) is 12.8. The first-order valence-corrected chi connectivity index (χ1v) is 22.1. The number of fused-ring (bicyclic) bond motifs is 1. The van der Waals surface area contributed by atoms with Gasteiger partial charge in [-0.1, -0.05) is 178 Å². The summed E-state index contributed by atoms with van der Waals surface area (Å²) >= 11 is 0. The molecular weight excluding hydrogens is 765 g/mol. The highest BCUT2D eigenvalue weighted by atomic mass is 15.2. The predicted molar refractivity (Wildman–Crippen MR) is 264 cm³/mol. The highest BCUT2D eigenvalue weighted by Crippen LogP contribution is 2.61. The molecule has 0 aliphatic heterocycles. The number of nitrogens with zero attached hydrogens (tertiary/aromatic N) is 4. The summed E-state index contributed by atoms with van der Waals surface area (Å²) in [6.45, 7) is 22.6. The number of hydrogen-bond donors (Lipinski definition) is 0. The maximum Gasteiger partial charge on any atom is 0.103 e. The average molecular weight is 823 g/mol. The van der Waals surface area contributed by atoms with Crippen LogP contribution in [0.15, 0.2) is 158 Å². The molecule has 0 radical (unpaired) electrons. The largest absolute Gasteiger partial charge is 0.309 e. The molecule has 0 atom stereocenters. The van der Waals surface area contributed by atoms with Gasteiger partial charge in [0.2, 0.25) is 0 Å². The third-order valence-electron chi connectivity index (χ3n) is 12.8. The van der Waals surface area contributed by atoms with Gasteiger partial charge in [0, 0.05) is 22.7 Å². The van der Waals surface area contributed by atoms with Crippen LogP contribution in [0.3, 0.4) is 0 Å². The highest BCUT2D eigenvalue weighted by Gasteiger charge is 2.49. The van der Waals surface area contributed by atoms with Crippen LogP contribution in [0.4, 0.5) is 34.1 Å². The van der Waals surface area contributed by atoms with Crippen LogP contribution in [0.1, 0.15) is 109 Å². The Balaban J connectivity index is 1.45. The van der Waals surface area contributed by atoms with Crippen LogP contribution >= 0.6 is 0 Å². The van der Waals surface area contributed by atoms with Crippen molar-refractivity contribution in [3.8, 4) is 34.4 Å². The summed E-state index contributed by atoms with van der Waals surface area (Å²) in [7, 11) is 0. The first-order valence-electron chi connectivity index (χ1n) is 22.1. The van der Waals surface area contributed by atoms with Gasteiger partial charge >= 0.3 is 0 Å². The van der Waals surface area contributed by atoms with E-state index < -0.39 is 0 Å². The Morgan fingerprint density at radius 2 is 0.667 bits per heavy atom. The molecule has 7 aromatic rings. The van der Waals surface area contributed by atoms with Crippen molar-refractivity contribution in [1.82, 2.24) is 0 Å². The van der Waals surface area contributed by atoms with Gasteiger partial charge in [-0.25, -0.2) is 0 Å². The van der Waals surface area contributed by atoms with E-state index in [1.54, 1.807) is 0 Å². The van der Waals surface area contributed by atoms with Crippen LogP contribution in [0.5, 0.6) is 0 Å². The van der Waals surface area contributed by atoms with E-state index in [2.05, 4.69) is 237 Å². The van der Waals surface area contributed by atoms with Gasteiger partial charge in [-0.2, -0.15) is 10.5 Å². The lowest BCUT2D eigenvalue weighted by Crippen LogP contribution is -2.24. The van der Waals surface area contributed by atoms with Gasteiger partial charge in [-0.05, 0) is 121 Å². The fraction of sp³-hybridized carbons (Fsp3) is 0.254. The third kappa shape index (κ3) is 8.04. The smallest absolute Gasteiger partial charge is 0.103 e. The molecule has 0 aromatic heterocycles. The topological polar surface area (TPSA) is 54.1 Å². The molecule has 0 N–H and O–H groups in total. The average Bonchev–Trinajstić information content (AvgIpc) is 3.47. The first kappa shape index (κ1) is 42.8. The van der Waals surface area contributed by atoms with Crippen molar-refractivity contribution in [2.24, 2.45) is 0 Å². The second-order valence-electron chi connectivity index (χ2n) is 20.5. The molecule has 7 aromatic carbocycles. The molecule has 0 saturated carbocycles. The molecule has 8 rings (SSSR count). The zero-order chi connectivity index (χ0) is 44.9. The maximum absolute atomic E-state index is 11.6. The monoisotopic (exact) mass is 822 g/mol. The molecule has 314 valence electrons. The van der Waals surface area contributed by atoms with Crippen molar-refractivity contribution < 1.29 is 0 Å². The lowest BCUT2D eigenvalue weighted by Gasteiger charge is -2.37. The minimum atomic E-state index is -0.382. The first-order chi connectivity index (χ1) is 29.9. The van der Waals surface area contributed by atoms with E-state index in [1.807, 2.05) is 12.1 Å². The van der Waals surface area contributed by atoms with Crippen molar-refractivity contribution in [1.29, 1.82) is 10.5 Å². The molecule has 4 heteroatoms. The summed E-state index contributed by atoms with van der Waals surface area (Å²) in [6, 6.07) is 60.8. The molecule has 0 unspecified atom stereocenters. The summed E-state index contributed by atoms with van der Waals surface area (Å²) in [6.07, 6.45) is 0.822. The Kier molecular flexibility index (Phi) is 10.9. The number of benzene rings is 7. The lowest BCUT2D eigenvalue weighted by molar-refractivity contribution is 0.403. The van der Waals surface area contributed by atoms with E-state index in [4.69, 9.17) is 0 Å². The summed E-state index contributed by atoms with van der Waals surface area (Å²) in [5.74, 6) is 0. The van der Waals surface area contributed by atoms with Crippen LogP contribution < -0.4 is 9.80 Å². The van der Waals surface area contributed by atoms with Crippen LogP contribution in [-0.2, 0) is 21.7 Å². The zero-order valence-corrected chi connectivity index (χ0v) is 38.5. The fourth-order valence-corrected chi connectivity index (χ4v) is 9.89. The molecule has 0 bridgehead atoms. The van der Waals surface area contributed by atoms with Crippen LogP contribution in [0.25, 0.3) is 22.3 Å². The maximum atomic E-state index is 11.6. The van der Waals surface area contributed by atoms with Crippen LogP contribution in [0.2, 0.25) is 0 Å².